The number of pyridine rings is 1. The van der Waals surface area contributed by atoms with Gasteiger partial charge in [0.1, 0.15) is 5.82 Å². The van der Waals surface area contributed by atoms with Crippen molar-refractivity contribution in [3.05, 3.63) is 99.9 Å². The molecule has 200 valence electrons. The number of hydrogen-bond acceptors (Lipinski definition) is 8. The minimum absolute atomic E-state index is 0.200. The zero-order chi connectivity index (χ0) is 28.4. The summed E-state index contributed by atoms with van der Waals surface area (Å²) in [6.45, 7) is 1.87. The van der Waals surface area contributed by atoms with Crippen LogP contribution in [0, 0.1) is 28.6 Å². The fourth-order valence-electron chi connectivity index (χ4n) is 4.87. The fourth-order valence-corrected chi connectivity index (χ4v) is 6.21. The maximum atomic E-state index is 14.0. The van der Waals surface area contributed by atoms with Crippen LogP contribution in [0.5, 0.6) is 5.88 Å². The highest BCUT2D eigenvalue weighted by Gasteiger charge is 2.33. The topological polar surface area (TPSA) is 150 Å². The van der Waals surface area contributed by atoms with Crippen molar-refractivity contribution in [2.45, 2.75) is 48.4 Å². The number of aromatic hydroxyl groups is 1. The lowest BCUT2D eigenvalue weighted by atomic mass is 10.0. The molecule has 1 N–H and O–H groups in total. The molecule has 1 fully saturated rings. The molecule has 10 heteroatoms. The molecule has 0 bridgehead atoms. The van der Waals surface area contributed by atoms with Gasteiger partial charge in [0.15, 0.2) is 4.90 Å². The third-order valence-corrected chi connectivity index (χ3v) is 8.87. The molecule has 0 unspecified atom stereocenters. The Morgan fingerprint density at radius 3 is 2.50 bits per heavy atom. The van der Waals surface area contributed by atoms with Gasteiger partial charge in [0.05, 0.1) is 34.2 Å². The number of nitriles is 2. The van der Waals surface area contributed by atoms with E-state index >= 15 is 0 Å². The second kappa shape index (κ2) is 10.8. The Kier molecular flexibility index (Phi) is 7.20. The molecule has 40 heavy (non-hydrogen) atoms. The molecule has 0 saturated heterocycles. The normalized spacial score (nSPS) is 13.8. The van der Waals surface area contributed by atoms with Gasteiger partial charge in [0.2, 0.25) is 15.7 Å². The Morgan fingerprint density at radius 1 is 1.10 bits per heavy atom. The van der Waals surface area contributed by atoms with E-state index in [1.807, 2.05) is 6.92 Å². The Hall–Kier alpha value is -4.80. The molecule has 5 rings (SSSR count). The fraction of sp³-hybridized carbons (Fsp3) is 0.233. The van der Waals surface area contributed by atoms with Crippen LogP contribution in [-0.4, -0.2) is 28.1 Å². The molecule has 0 amide bonds. The zero-order valence-corrected chi connectivity index (χ0v) is 22.5. The molecule has 2 aromatic carbocycles. The van der Waals surface area contributed by atoms with E-state index in [0.29, 0.717) is 52.4 Å². The van der Waals surface area contributed by atoms with Crippen molar-refractivity contribution in [3.63, 3.8) is 0 Å². The smallest absolute Gasteiger partial charge is 0.277 e. The van der Waals surface area contributed by atoms with Gasteiger partial charge in [0.25, 0.3) is 5.56 Å². The molecule has 0 radical (unpaired) electrons. The zero-order valence-electron chi connectivity index (χ0n) is 21.7. The van der Waals surface area contributed by atoms with Crippen molar-refractivity contribution >= 4 is 9.84 Å². The van der Waals surface area contributed by atoms with Gasteiger partial charge < -0.3 is 5.11 Å². The largest absolute Gasteiger partial charge is 0.492 e. The SMILES string of the molecule is CC[C@@H](c1cccc(C#N)c1)n1c(CC2CC2)nc(O)c(S(=O)(=O)c2ccc(-c3cnccc3C#N)cc2)c1=O. The third-order valence-electron chi connectivity index (χ3n) is 7.08. The summed E-state index contributed by atoms with van der Waals surface area (Å²) in [7, 11) is -4.48. The van der Waals surface area contributed by atoms with Crippen molar-refractivity contribution in [2.24, 2.45) is 5.92 Å². The van der Waals surface area contributed by atoms with Gasteiger partial charge in [-0.3, -0.25) is 14.3 Å². The summed E-state index contributed by atoms with van der Waals surface area (Å²) >= 11 is 0. The molecule has 1 aliphatic rings. The molecule has 1 atom stereocenters. The molecule has 2 aromatic heterocycles. The molecular weight excluding hydrogens is 526 g/mol. The van der Waals surface area contributed by atoms with Gasteiger partial charge in [-0.2, -0.15) is 15.5 Å². The van der Waals surface area contributed by atoms with E-state index in [1.54, 1.807) is 30.3 Å². The predicted molar refractivity (Wildman–Crippen MR) is 146 cm³/mol. The van der Waals surface area contributed by atoms with E-state index in [-0.39, 0.29) is 4.90 Å². The molecule has 2 heterocycles. The first kappa shape index (κ1) is 26.8. The van der Waals surface area contributed by atoms with Crippen LogP contribution in [-0.2, 0) is 16.3 Å². The standard InChI is InChI=1S/C30H25N5O4S/c1-2-26(22-5-3-4-20(14-22)16-31)35-27(15-19-6-7-19)34-29(36)28(30(35)37)40(38,39)24-10-8-21(9-11-24)25-18-33-13-12-23(25)17-32/h3-5,8-14,18-19,26,36H,2,6-7,15H2,1H3/t26-/m0/s1. The Bertz CT molecular complexity index is 1850. The predicted octanol–water partition coefficient (Wildman–Crippen LogP) is 4.54. The second-order valence-corrected chi connectivity index (χ2v) is 11.6. The maximum absolute atomic E-state index is 14.0. The van der Waals surface area contributed by atoms with Crippen LogP contribution in [0.4, 0.5) is 0 Å². The average molecular weight is 552 g/mol. The quantitative estimate of drug-likeness (QED) is 0.335. The van der Waals surface area contributed by atoms with Gasteiger partial charge in [-0.15, -0.1) is 0 Å². The van der Waals surface area contributed by atoms with Crippen molar-refractivity contribution in [3.8, 4) is 29.1 Å². The summed E-state index contributed by atoms with van der Waals surface area (Å²) in [6, 6.07) is 17.7. The van der Waals surface area contributed by atoms with E-state index < -0.39 is 32.2 Å². The molecule has 1 aliphatic carbocycles. The summed E-state index contributed by atoms with van der Waals surface area (Å²) in [5, 5.41) is 29.6. The van der Waals surface area contributed by atoms with E-state index in [2.05, 4.69) is 22.1 Å². The van der Waals surface area contributed by atoms with E-state index in [1.165, 1.54) is 41.2 Å². The van der Waals surface area contributed by atoms with Gasteiger partial charge in [-0.1, -0.05) is 31.2 Å². The van der Waals surface area contributed by atoms with Gasteiger partial charge in [-0.25, -0.2) is 8.42 Å². The van der Waals surface area contributed by atoms with Gasteiger partial charge in [-0.05, 0) is 66.6 Å². The summed E-state index contributed by atoms with van der Waals surface area (Å²) < 4.78 is 28.9. The lowest BCUT2D eigenvalue weighted by Gasteiger charge is -2.23. The van der Waals surface area contributed by atoms with Crippen LogP contribution in [0.2, 0.25) is 0 Å². The summed E-state index contributed by atoms with van der Waals surface area (Å²) in [5.41, 5.74) is 1.72. The minimum Gasteiger partial charge on any atom is -0.492 e. The van der Waals surface area contributed by atoms with E-state index in [4.69, 9.17) is 0 Å². The highest BCUT2D eigenvalue weighted by molar-refractivity contribution is 7.91. The van der Waals surface area contributed by atoms with Crippen LogP contribution in [0.1, 0.15) is 54.7 Å². The third kappa shape index (κ3) is 4.97. The van der Waals surface area contributed by atoms with Crippen molar-refractivity contribution in [1.82, 2.24) is 14.5 Å². The van der Waals surface area contributed by atoms with E-state index in [0.717, 1.165) is 12.8 Å². The summed E-state index contributed by atoms with van der Waals surface area (Å²) in [6.07, 6.45) is 5.80. The van der Waals surface area contributed by atoms with Crippen LogP contribution in [0.3, 0.4) is 0 Å². The first-order valence-electron chi connectivity index (χ1n) is 12.8. The second-order valence-electron chi connectivity index (χ2n) is 9.73. The van der Waals surface area contributed by atoms with Gasteiger partial charge >= 0.3 is 0 Å². The molecule has 1 saturated carbocycles. The Balaban J connectivity index is 1.64. The summed E-state index contributed by atoms with van der Waals surface area (Å²) in [5.74, 6) is -0.212. The Morgan fingerprint density at radius 2 is 1.85 bits per heavy atom. The number of benzene rings is 2. The van der Waals surface area contributed by atoms with E-state index in [9.17, 15) is 28.8 Å². The number of aromatic nitrogens is 3. The van der Waals surface area contributed by atoms with Crippen molar-refractivity contribution < 1.29 is 13.5 Å². The Labute approximate surface area is 231 Å². The van der Waals surface area contributed by atoms with Crippen molar-refractivity contribution in [2.75, 3.05) is 0 Å². The molecule has 0 aliphatic heterocycles. The number of sulfone groups is 1. The van der Waals surface area contributed by atoms with Crippen LogP contribution in [0.15, 0.2) is 81.6 Å². The molecular formula is C30H25N5O4S. The molecule has 0 spiro atoms. The van der Waals surface area contributed by atoms with Gasteiger partial charge in [0, 0.05) is 24.4 Å². The van der Waals surface area contributed by atoms with Crippen molar-refractivity contribution in [1.29, 1.82) is 10.5 Å². The summed E-state index contributed by atoms with van der Waals surface area (Å²) in [4.78, 5) is 21.3. The highest BCUT2D eigenvalue weighted by Crippen LogP contribution is 2.35. The first-order valence-corrected chi connectivity index (χ1v) is 14.3. The number of hydrogen-bond donors (Lipinski definition) is 1. The lowest BCUT2D eigenvalue weighted by molar-refractivity contribution is 0.406. The monoisotopic (exact) mass is 551 g/mol. The highest BCUT2D eigenvalue weighted by atomic mass is 32.2. The molecule has 9 nitrogen and oxygen atoms in total. The minimum atomic E-state index is -4.48. The molecule has 4 aromatic rings. The lowest BCUT2D eigenvalue weighted by Crippen LogP contribution is -2.33. The number of nitrogens with zero attached hydrogens (tertiary/aromatic N) is 5. The van der Waals surface area contributed by atoms with Crippen LogP contribution < -0.4 is 5.56 Å². The average Bonchev–Trinajstić information content (AvgIpc) is 3.79. The number of rotatable bonds is 8. The van der Waals surface area contributed by atoms with Crippen LogP contribution >= 0.6 is 0 Å². The first-order chi connectivity index (χ1) is 19.3. The maximum Gasteiger partial charge on any atom is 0.277 e. The van der Waals surface area contributed by atoms with Crippen LogP contribution in [0.25, 0.3) is 11.1 Å².